The smallest absolute Gasteiger partial charge is 0.315 e. The number of alkyl halides is 2. The number of pyridine rings is 2. The molecule has 0 saturated carbocycles. The van der Waals surface area contributed by atoms with Crippen molar-refractivity contribution in [1.29, 1.82) is 0 Å². The maximum atomic E-state index is 14.1. The van der Waals surface area contributed by atoms with Crippen LogP contribution < -0.4 is 19.7 Å². The molecule has 11 heteroatoms. The third kappa shape index (κ3) is 5.40. The van der Waals surface area contributed by atoms with Gasteiger partial charge in [-0.05, 0) is 42.2 Å². The number of nitrogens with zero attached hydrogens (tertiary/aromatic N) is 3. The van der Waals surface area contributed by atoms with Gasteiger partial charge in [0.05, 0.1) is 19.1 Å². The van der Waals surface area contributed by atoms with Gasteiger partial charge in [0.15, 0.2) is 11.6 Å². The van der Waals surface area contributed by atoms with Crippen molar-refractivity contribution in [2.24, 2.45) is 5.92 Å². The van der Waals surface area contributed by atoms with Gasteiger partial charge in [-0.3, -0.25) is 19.5 Å². The number of hydrogen-bond acceptors (Lipinski definition) is 7. The van der Waals surface area contributed by atoms with Crippen LogP contribution >= 0.6 is 0 Å². The summed E-state index contributed by atoms with van der Waals surface area (Å²) in [5, 5.41) is 2.63. The molecule has 2 aliphatic heterocycles. The number of benzene rings is 1. The van der Waals surface area contributed by atoms with Crippen molar-refractivity contribution < 1.29 is 32.6 Å². The van der Waals surface area contributed by atoms with Gasteiger partial charge in [-0.15, -0.1) is 0 Å². The lowest BCUT2D eigenvalue weighted by atomic mass is 10.0. The summed E-state index contributed by atoms with van der Waals surface area (Å²) in [5.74, 6) is 0.397. The highest BCUT2D eigenvalue weighted by Gasteiger charge is 2.42. The molecule has 1 aromatic carbocycles. The van der Waals surface area contributed by atoms with E-state index in [4.69, 9.17) is 14.2 Å². The molecule has 0 aliphatic carbocycles. The number of likely N-dealkylation sites (N-methyl/N-ethyl adjacent to an activating group) is 1. The molecule has 1 saturated heterocycles. The van der Waals surface area contributed by atoms with E-state index < -0.39 is 29.7 Å². The standard InChI is InChI=1S/C27H22F2N4O5/c1-33-24-23(8-7-18(31-24)9-11-27(28,29)17-14-36-15-17)37-16-22(26(33)35)32-25(34)21-13-20(10-12-30-21)38-19-5-3-2-4-6-19/h2-8,10,12-13,17,22H,14-16H2,1H3,(H,32,34)/t22-/m0/s1. The SMILES string of the molecule is CN1C(=O)[C@@H](NC(=O)c2cc(Oc3ccccc3)ccn2)COc2ccc(C#CC(F)(F)C3COC3)nc21. The number of nitrogens with one attached hydrogen (secondary N) is 1. The summed E-state index contributed by atoms with van der Waals surface area (Å²) in [6, 6.07) is 14.0. The number of fused-ring (bicyclic) bond motifs is 1. The van der Waals surface area contributed by atoms with E-state index in [2.05, 4.69) is 21.2 Å². The van der Waals surface area contributed by atoms with Crippen LogP contribution in [0.1, 0.15) is 16.2 Å². The van der Waals surface area contributed by atoms with E-state index in [1.54, 1.807) is 18.2 Å². The second kappa shape index (κ2) is 10.4. The molecular weight excluding hydrogens is 498 g/mol. The number of halogens is 2. The van der Waals surface area contributed by atoms with Crippen LogP contribution in [0.3, 0.4) is 0 Å². The summed E-state index contributed by atoms with van der Waals surface area (Å²) < 4.78 is 44.5. The molecule has 9 nitrogen and oxygen atoms in total. The topological polar surface area (TPSA) is 103 Å². The average Bonchev–Trinajstić information content (AvgIpc) is 2.99. The zero-order chi connectivity index (χ0) is 26.7. The Balaban J connectivity index is 1.28. The summed E-state index contributed by atoms with van der Waals surface area (Å²) in [6.45, 7) is -0.261. The van der Waals surface area contributed by atoms with Crippen LogP contribution in [0.4, 0.5) is 14.6 Å². The lowest BCUT2D eigenvalue weighted by Gasteiger charge is -2.29. The van der Waals surface area contributed by atoms with Crippen molar-refractivity contribution in [3.8, 4) is 29.1 Å². The third-order valence-electron chi connectivity index (χ3n) is 5.95. The van der Waals surface area contributed by atoms with E-state index in [1.165, 1.54) is 36.3 Å². The molecular formula is C27H22F2N4O5. The lowest BCUT2D eigenvalue weighted by molar-refractivity contribution is -0.139. The summed E-state index contributed by atoms with van der Waals surface area (Å²) in [6.07, 6.45) is 1.43. The third-order valence-corrected chi connectivity index (χ3v) is 5.95. The first-order valence-corrected chi connectivity index (χ1v) is 11.7. The zero-order valence-corrected chi connectivity index (χ0v) is 20.2. The van der Waals surface area contributed by atoms with Gasteiger partial charge in [-0.2, -0.15) is 8.78 Å². The molecule has 3 aromatic rings. The molecule has 0 bridgehead atoms. The van der Waals surface area contributed by atoms with E-state index in [0.29, 0.717) is 11.5 Å². The van der Waals surface area contributed by atoms with Crippen molar-refractivity contribution in [1.82, 2.24) is 15.3 Å². The maximum Gasteiger partial charge on any atom is 0.315 e. The molecule has 1 fully saturated rings. The van der Waals surface area contributed by atoms with E-state index in [-0.39, 0.29) is 42.8 Å². The summed E-state index contributed by atoms with van der Waals surface area (Å²) in [5.41, 5.74) is 0.0953. The number of carbonyl (C=O) groups excluding carboxylic acids is 2. The van der Waals surface area contributed by atoms with Crippen LogP contribution in [0.15, 0.2) is 60.8 Å². The van der Waals surface area contributed by atoms with Gasteiger partial charge < -0.3 is 19.5 Å². The van der Waals surface area contributed by atoms with E-state index in [0.717, 1.165) is 0 Å². The van der Waals surface area contributed by atoms with Crippen LogP contribution in [0.5, 0.6) is 17.2 Å². The first-order chi connectivity index (χ1) is 18.3. The lowest BCUT2D eigenvalue weighted by Crippen LogP contribution is -2.49. The second-order valence-electron chi connectivity index (χ2n) is 8.65. The maximum absolute atomic E-state index is 14.1. The van der Waals surface area contributed by atoms with Crippen LogP contribution in [0, 0.1) is 17.8 Å². The van der Waals surface area contributed by atoms with Gasteiger partial charge in [0, 0.05) is 19.3 Å². The van der Waals surface area contributed by atoms with Crippen molar-refractivity contribution in [2.45, 2.75) is 12.0 Å². The Morgan fingerprint density at radius 3 is 2.66 bits per heavy atom. The van der Waals surface area contributed by atoms with E-state index in [1.807, 2.05) is 24.1 Å². The minimum atomic E-state index is -3.21. The highest BCUT2D eigenvalue weighted by Crippen LogP contribution is 2.31. The van der Waals surface area contributed by atoms with Crippen molar-refractivity contribution in [2.75, 3.05) is 31.8 Å². The number of para-hydroxylation sites is 1. The molecule has 1 atom stereocenters. The van der Waals surface area contributed by atoms with Gasteiger partial charge >= 0.3 is 5.92 Å². The predicted molar refractivity (Wildman–Crippen MR) is 131 cm³/mol. The first kappa shape index (κ1) is 25.1. The highest BCUT2D eigenvalue weighted by molar-refractivity contribution is 6.02. The normalized spacial score (nSPS) is 17.2. The van der Waals surface area contributed by atoms with Crippen molar-refractivity contribution >= 4 is 17.6 Å². The minimum Gasteiger partial charge on any atom is -0.487 e. The molecule has 1 N–H and O–H groups in total. The van der Waals surface area contributed by atoms with Crippen LogP contribution in [-0.4, -0.2) is 60.6 Å². The molecule has 0 radical (unpaired) electrons. The van der Waals surface area contributed by atoms with Gasteiger partial charge in [-0.25, -0.2) is 4.98 Å². The van der Waals surface area contributed by atoms with Gasteiger partial charge in [0.1, 0.15) is 35.5 Å². The second-order valence-corrected chi connectivity index (χ2v) is 8.65. The molecule has 5 rings (SSSR count). The highest BCUT2D eigenvalue weighted by atomic mass is 19.3. The fourth-order valence-electron chi connectivity index (χ4n) is 3.69. The number of hydrogen-bond donors (Lipinski definition) is 1. The molecule has 2 amide bonds. The van der Waals surface area contributed by atoms with Gasteiger partial charge in [-0.1, -0.05) is 18.2 Å². The minimum absolute atomic E-state index is 0.0443. The Bertz CT molecular complexity index is 1420. The van der Waals surface area contributed by atoms with E-state index in [9.17, 15) is 18.4 Å². The van der Waals surface area contributed by atoms with Crippen LogP contribution in [-0.2, 0) is 9.53 Å². The molecule has 2 aliphatic rings. The molecule has 0 unspecified atom stereocenters. The Morgan fingerprint density at radius 1 is 1.13 bits per heavy atom. The number of ether oxygens (including phenoxy) is 3. The van der Waals surface area contributed by atoms with Gasteiger partial charge in [0.2, 0.25) is 0 Å². The Kier molecular flexibility index (Phi) is 6.89. The Hall–Kier alpha value is -4.56. The average molecular weight is 520 g/mol. The summed E-state index contributed by atoms with van der Waals surface area (Å²) >= 11 is 0. The quantitative estimate of drug-likeness (QED) is 0.516. The number of carbonyl (C=O) groups is 2. The molecule has 194 valence electrons. The van der Waals surface area contributed by atoms with E-state index >= 15 is 0 Å². The van der Waals surface area contributed by atoms with Crippen LogP contribution in [0.2, 0.25) is 0 Å². The fourth-order valence-corrected chi connectivity index (χ4v) is 3.69. The Morgan fingerprint density at radius 2 is 1.92 bits per heavy atom. The summed E-state index contributed by atoms with van der Waals surface area (Å²) in [7, 11) is 1.45. The zero-order valence-electron chi connectivity index (χ0n) is 20.2. The molecule has 38 heavy (non-hydrogen) atoms. The van der Waals surface area contributed by atoms with Crippen molar-refractivity contribution in [3.05, 3.63) is 72.2 Å². The van der Waals surface area contributed by atoms with Gasteiger partial charge in [0.25, 0.3) is 11.8 Å². The number of amides is 2. The largest absolute Gasteiger partial charge is 0.487 e. The first-order valence-electron chi connectivity index (χ1n) is 11.7. The number of rotatable bonds is 5. The Labute approximate surface area is 216 Å². The monoisotopic (exact) mass is 520 g/mol. The molecule has 2 aromatic heterocycles. The summed E-state index contributed by atoms with van der Waals surface area (Å²) in [4.78, 5) is 35.5. The molecule has 4 heterocycles. The fraction of sp³-hybridized carbons (Fsp3) is 0.259. The number of aromatic nitrogens is 2. The van der Waals surface area contributed by atoms with Crippen LogP contribution in [0.25, 0.3) is 0 Å². The number of anilines is 1. The van der Waals surface area contributed by atoms with Crippen molar-refractivity contribution in [3.63, 3.8) is 0 Å². The predicted octanol–water partition coefficient (Wildman–Crippen LogP) is 3.06. The molecule has 0 spiro atoms.